The number of hydrogen-bond donors (Lipinski definition) is 0. The van der Waals surface area contributed by atoms with E-state index in [1.54, 1.807) is 0 Å². The van der Waals surface area contributed by atoms with Gasteiger partial charge in [0.15, 0.2) is 0 Å². The van der Waals surface area contributed by atoms with Crippen molar-refractivity contribution >= 4 is 11.6 Å². The molecule has 0 heterocycles. The Balaban J connectivity index is 2.11. The lowest BCUT2D eigenvalue weighted by atomic mass is 9.70. The van der Waals surface area contributed by atoms with E-state index in [4.69, 9.17) is 16.3 Å². The normalized spacial score (nSPS) is 44.6. The van der Waals surface area contributed by atoms with Gasteiger partial charge >= 0.3 is 0 Å². The van der Waals surface area contributed by atoms with Crippen LogP contribution in [0, 0.1) is 16.7 Å². The van der Waals surface area contributed by atoms with Crippen molar-refractivity contribution in [2.24, 2.45) is 16.7 Å². The van der Waals surface area contributed by atoms with E-state index in [0.717, 1.165) is 5.92 Å². The molecule has 2 aliphatic rings. The predicted octanol–water partition coefficient (Wildman–Crippen LogP) is 3.46. The number of halogens is 1. The topological polar surface area (TPSA) is 9.23 Å². The second kappa shape index (κ2) is 3.38. The van der Waals surface area contributed by atoms with Crippen LogP contribution >= 0.6 is 11.6 Å². The van der Waals surface area contributed by atoms with Gasteiger partial charge in [-0.1, -0.05) is 20.8 Å². The summed E-state index contributed by atoms with van der Waals surface area (Å²) in [6.45, 7) is 7.94. The number of ether oxygens (including phenoxy) is 1. The molecule has 0 aromatic carbocycles. The van der Waals surface area contributed by atoms with Gasteiger partial charge in [-0.15, -0.1) is 11.6 Å². The molecule has 2 rings (SSSR count). The van der Waals surface area contributed by atoms with Crippen LogP contribution in [0.25, 0.3) is 0 Å². The zero-order chi connectivity index (χ0) is 10.4. The fourth-order valence-corrected chi connectivity index (χ4v) is 3.66. The molecule has 0 aromatic heterocycles. The number of alkyl halides is 1. The zero-order valence-electron chi connectivity index (χ0n) is 9.48. The minimum atomic E-state index is 0.393. The van der Waals surface area contributed by atoms with Crippen LogP contribution in [0.2, 0.25) is 0 Å². The Morgan fingerprint density at radius 2 is 2.07 bits per heavy atom. The molecule has 2 fully saturated rings. The summed E-state index contributed by atoms with van der Waals surface area (Å²) < 4.78 is 5.89. The van der Waals surface area contributed by atoms with Gasteiger partial charge in [0.1, 0.15) is 0 Å². The number of rotatable bonds is 3. The van der Waals surface area contributed by atoms with Crippen LogP contribution in [-0.2, 0) is 4.74 Å². The van der Waals surface area contributed by atoms with Gasteiger partial charge < -0.3 is 4.74 Å². The van der Waals surface area contributed by atoms with Gasteiger partial charge in [0, 0.05) is 5.88 Å². The fourth-order valence-electron chi connectivity index (χ4n) is 3.57. The summed E-state index contributed by atoms with van der Waals surface area (Å²) in [5, 5.41) is 0. The molecule has 1 nitrogen and oxygen atoms in total. The van der Waals surface area contributed by atoms with Gasteiger partial charge in [-0.25, -0.2) is 0 Å². The number of hydrogen-bond acceptors (Lipinski definition) is 1. The first-order chi connectivity index (χ1) is 6.52. The predicted molar refractivity (Wildman–Crippen MR) is 59.7 cm³/mol. The second-order valence-electron chi connectivity index (χ2n) is 5.66. The molecular weight excluding hydrogens is 196 g/mol. The standard InChI is InChI=1S/C12H21ClO/c1-11(2)9-4-5-12(11,3)10(8-9)14-7-6-13/h9-10H,4-8H2,1-3H3/t9-,10-,12+/m0/s1. The van der Waals surface area contributed by atoms with E-state index in [0.29, 0.717) is 29.4 Å². The van der Waals surface area contributed by atoms with Crippen LogP contribution in [0.15, 0.2) is 0 Å². The first-order valence-corrected chi connectivity index (χ1v) is 6.23. The van der Waals surface area contributed by atoms with Crippen molar-refractivity contribution in [3.05, 3.63) is 0 Å². The van der Waals surface area contributed by atoms with Gasteiger partial charge in [0.2, 0.25) is 0 Å². The van der Waals surface area contributed by atoms with Crippen LogP contribution in [0.4, 0.5) is 0 Å². The van der Waals surface area contributed by atoms with Crippen molar-refractivity contribution in [2.45, 2.75) is 46.1 Å². The first-order valence-electron chi connectivity index (χ1n) is 5.70. The van der Waals surface area contributed by atoms with Crippen molar-refractivity contribution in [1.29, 1.82) is 0 Å². The van der Waals surface area contributed by atoms with Gasteiger partial charge in [-0.05, 0) is 36.0 Å². The van der Waals surface area contributed by atoms with Crippen molar-refractivity contribution in [3.8, 4) is 0 Å². The highest BCUT2D eigenvalue weighted by molar-refractivity contribution is 6.17. The van der Waals surface area contributed by atoms with Crippen molar-refractivity contribution in [2.75, 3.05) is 12.5 Å². The first kappa shape index (κ1) is 10.8. The Bertz CT molecular complexity index is 226. The van der Waals surface area contributed by atoms with Crippen LogP contribution in [0.1, 0.15) is 40.0 Å². The fraction of sp³-hybridized carbons (Fsp3) is 1.00. The highest BCUT2D eigenvalue weighted by Crippen LogP contribution is 2.66. The summed E-state index contributed by atoms with van der Waals surface area (Å²) in [5.74, 6) is 1.49. The van der Waals surface area contributed by atoms with Gasteiger partial charge in [-0.3, -0.25) is 0 Å². The Labute approximate surface area is 92.2 Å². The molecule has 0 amide bonds. The summed E-state index contributed by atoms with van der Waals surface area (Å²) in [5.41, 5.74) is 0.855. The maximum atomic E-state index is 5.89. The van der Waals surface area contributed by atoms with Crippen LogP contribution in [0.5, 0.6) is 0 Å². The molecule has 0 radical (unpaired) electrons. The van der Waals surface area contributed by atoms with E-state index in [1.165, 1.54) is 19.3 Å². The molecule has 2 heteroatoms. The van der Waals surface area contributed by atoms with E-state index in [2.05, 4.69) is 20.8 Å². The summed E-state index contributed by atoms with van der Waals surface area (Å²) in [6.07, 6.45) is 4.43. The van der Waals surface area contributed by atoms with Crippen LogP contribution in [-0.4, -0.2) is 18.6 Å². The van der Waals surface area contributed by atoms with Gasteiger partial charge in [0.25, 0.3) is 0 Å². The summed E-state index contributed by atoms with van der Waals surface area (Å²) in [7, 11) is 0. The summed E-state index contributed by atoms with van der Waals surface area (Å²) in [4.78, 5) is 0. The summed E-state index contributed by atoms with van der Waals surface area (Å²) in [6, 6.07) is 0. The average Bonchev–Trinajstić information content (AvgIpc) is 2.46. The third-order valence-corrected chi connectivity index (χ3v) is 5.26. The Kier molecular flexibility index (Phi) is 2.60. The monoisotopic (exact) mass is 216 g/mol. The largest absolute Gasteiger partial charge is 0.376 e. The Morgan fingerprint density at radius 3 is 2.50 bits per heavy atom. The third-order valence-electron chi connectivity index (χ3n) is 5.11. The molecule has 82 valence electrons. The highest BCUT2D eigenvalue weighted by atomic mass is 35.5. The molecule has 3 atom stereocenters. The molecule has 2 saturated carbocycles. The second-order valence-corrected chi connectivity index (χ2v) is 6.04. The lowest BCUT2D eigenvalue weighted by Crippen LogP contribution is -2.37. The SMILES string of the molecule is CC1(C)[C@H]2CC[C@]1(C)[C@@H](OCCCl)C2. The molecule has 0 spiro atoms. The minimum Gasteiger partial charge on any atom is -0.376 e. The van der Waals surface area contributed by atoms with E-state index in [9.17, 15) is 0 Å². The number of fused-ring (bicyclic) bond motifs is 2. The maximum Gasteiger partial charge on any atom is 0.0637 e. The van der Waals surface area contributed by atoms with Crippen molar-refractivity contribution < 1.29 is 4.74 Å². The zero-order valence-corrected chi connectivity index (χ0v) is 10.2. The third kappa shape index (κ3) is 1.25. The van der Waals surface area contributed by atoms with Crippen molar-refractivity contribution in [3.63, 3.8) is 0 Å². The maximum absolute atomic E-state index is 5.89. The average molecular weight is 217 g/mol. The van der Waals surface area contributed by atoms with E-state index < -0.39 is 0 Å². The van der Waals surface area contributed by atoms with Gasteiger partial charge in [0.05, 0.1) is 12.7 Å². The summed E-state index contributed by atoms with van der Waals surface area (Å²) >= 11 is 5.67. The molecule has 0 unspecified atom stereocenters. The Hall–Kier alpha value is 0.250. The lowest BCUT2D eigenvalue weighted by molar-refractivity contribution is -0.0405. The molecular formula is C12H21ClO. The van der Waals surface area contributed by atoms with Crippen LogP contribution < -0.4 is 0 Å². The van der Waals surface area contributed by atoms with Gasteiger partial charge in [-0.2, -0.15) is 0 Å². The highest BCUT2D eigenvalue weighted by Gasteiger charge is 2.61. The molecule has 0 aliphatic heterocycles. The molecule has 0 saturated heterocycles. The molecule has 2 aliphatic carbocycles. The van der Waals surface area contributed by atoms with Crippen LogP contribution in [0.3, 0.4) is 0 Å². The molecule has 0 aromatic rings. The molecule has 0 N–H and O–H groups in total. The Morgan fingerprint density at radius 1 is 1.36 bits per heavy atom. The smallest absolute Gasteiger partial charge is 0.0637 e. The van der Waals surface area contributed by atoms with E-state index in [-0.39, 0.29) is 0 Å². The lowest BCUT2D eigenvalue weighted by Gasteiger charge is -2.38. The van der Waals surface area contributed by atoms with E-state index >= 15 is 0 Å². The van der Waals surface area contributed by atoms with Crippen molar-refractivity contribution in [1.82, 2.24) is 0 Å². The van der Waals surface area contributed by atoms with E-state index in [1.807, 2.05) is 0 Å². The molecule has 2 bridgehead atoms. The molecule has 14 heavy (non-hydrogen) atoms. The minimum absolute atomic E-state index is 0.393. The quantitative estimate of drug-likeness (QED) is 0.657.